The Balaban J connectivity index is 2.19. The van der Waals surface area contributed by atoms with Crippen molar-refractivity contribution in [2.24, 2.45) is 0 Å². The molecule has 2 rings (SSSR count). The zero-order chi connectivity index (χ0) is 18.6. The van der Waals surface area contributed by atoms with Crippen molar-refractivity contribution in [2.75, 3.05) is 26.5 Å². The molecule has 0 spiro atoms. The molecule has 0 aromatic heterocycles. The van der Waals surface area contributed by atoms with E-state index in [0.29, 0.717) is 23.8 Å². The summed E-state index contributed by atoms with van der Waals surface area (Å²) in [5.41, 5.74) is 0.277. The summed E-state index contributed by atoms with van der Waals surface area (Å²) in [6, 6.07) is 5.52. The zero-order valence-corrected chi connectivity index (χ0v) is 16.1. The van der Waals surface area contributed by atoms with Crippen LogP contribution in [0.15, 0.2) is 18.2 Å². The minimum Gasteiger partial charge on any atom is -0.496 e. The average molecular weight is 367 g/mol. The molecule has 0 N–H and O–H groups in total. The third-order valence-electron chi connectivity index (χ3n) is 3.66. The molecule has 138 valence electrons. The highest BCUT2D eigenvalue weighted by Gasteiger charge is 2.36. The fraction of sp³-hybridized carbons (Fsp3) is 0.556. The molecule has 7 heteroatoms. The molecular formula is C18H25NO5S. The summed E-state index contributed by atoms with van der Waals surface area (Å²) >= 11 is 1.50. The van der Waals surface area contributed by atoms with Crippen LogP contribution in [0.5, 0.6) is 11.5 Å². The van der Waals surface area contributed by atoms with Crippen molar-refractivity contribution >= 4 is 23.6 Å². The molecule has 1 amide bonds. The Morgan fingerprint density at radius 2 is 1.84 bits per heavy atom. The number of thioether (sulfide) groups is 1. The van der Waals surface area contributed by atoms with Gasteiger partial charge in [0.1, 0.15) is 22.5 Å². The van der Waals surface area contributed by atoms with Crippen molar-refractivity contribution in [3.8, 4) is 11.5 Å². The molecule has 0 aliphatic carbocycles. The van der Waals surface area contributed by atoms with E-state index >= 15 is 0 Å². The standard InChI is InChI=1S/C18H25NO5S/c1-18(2,3)24-15(21)9-10-19-14(20)11-25-17(19)16-12(22-4)7-6-8-13(16)23-5/h6-8,17H,9-11H2,1-5H3. The number of hydrogen-bond donors (Lipinski definition) is 0. The first-order chi connectivity index (χ1) is 11.8. The van der Waals surface area contributed by atoms with Gasteiger partial charge in [0.25, 0.3) is 0 Å². The second-order valence-electron chi connectivity index (χ2n) is 6.66. The molecule has 1 aromatic carbocycles. The van der Waals surface area contributed by atoms with Gasteiger partial charge in [-0.1, -0.05) is 6.07 Å². The van der Waals surface area contributed by atoms with Crippen molar-refractivity contribution < 1.29 is 23.8 Å². The van der Waals surface area contributed by atoms with Crippen LogP contribution in [0.2, 0.25) is 0 Å². The van der Waals surface area contributed by atoms with Gasteiger partial charge in [-0.25, -0.2) is 0 Å². The third-order valence-corrected chi connectivity index (χ3v) is 4.88. The van der Waals surface area contributed by atoms with Gasteiger partial charge < -0.3 is 19.1 Å². The topological polar surface area (TPSA) is 65.1 Å². The summed E-state index contributed by atoms with van der Waals surface area (Å²) in [4.78, 5) is 26.0. The number of hydrogen-bond acceptors (Lipinski definition) is 6. The van der Waals surface area contributed by atoms with Crippen molar-refractivity contribution in [2.45, 2.75) is 38.2 Å². The number of ether oxygens (including phenoxy) is 3. The van der Waals surface area contributed by atoms with Gasteiger partial charge in [0.2, 0.25) is 5.91 Å². The summed E-state index contributed by atoms with van der Waals surface area (Å²) < 4.78 is 16.2. The van der Waals surface area contributed by atoms with Crippen LogP contribution in [0, 0.1) is 0 Å². The van der Waals surface area contributed by atoms with E-state index in [1.165, 1.54) is 11.8 Å². The smallest absolute Gasteiger partial charge is 0.308 e. The highest BCUT2D eigenvalue weighted by atomic mass is 32.2. The second kappa shape index (κ2) is 7.99. The number of carbonyl (C=O) groups is 2. The Bertz CT molecular complexity index is 619. The van der Waals surface area contributed by atoms with E-state index in [1.807, 2.05) is 39.0 Å². The van der Waals surface area contributed by atoms with Crippen LogP contribution in [0.25, 0.3) is 0 Å². The molecule has 1 aliphatic rings. The molecular weight excluding hydrogens is 342 g/mol. The van der Waals surface area contributed by atoms with Gasteiger partial charge in [0.15, 0.2) is 0 Å². The number of carbonyl (C=O) groups excluding carboxylic acids is 2. The zero-order valence-electron chi connectivity index (χ0n) is 15.3. The Labute approximate surface area is 152 Å². The maximum atomic E-state index is 12.3. The maximum Gasteiger partial charge on any atom is 0.308 e. The predicted molar refractivity (Wildman–Crippen MR) is 96.9 cm³/mol. The quantitative estimate of drug-likeness (QED) is 0.720. The Morgan fingerprint density at radius 1 is 1.24 bits per heavy atom. The van der Waals surface area contributed by atoms with Gasteiger partial charge in [0, 0.05) is 6.54 Å². The number of amides is 1. The molecule has 0 radical (unpaired) electrons. The van der Waals surface area contributed by atoms with E-state index in [0.717, 1.165) is 5.56 Å². The monoisotopic (exact) mass is 367 g/mol. The van der Waals surface area contributed by atoms with Crippen LogP contribution in [0.1, 0.15) is 38.1 Å². The first kappa shape index (κ1) is 19.4. The van der Waals surface area contributed by atoms with Gasteiger partial charge in [-0.3, -0.25) is 9.59 Å². The summed E-state index contributed by atoms with van der Waals surface area (Å²) in [5.74, 6) is 1.36. The highest BCUT2D eigenvalue weighted by molar-refractivity contribution is 8.00. The summed E-state index contributed by atoms with van der Waals surface area (Å²) in [6.07, 6.45) is 0.150. The van der Waals surface area contributed by atoms with Gasteiger partial charge in [0.05, 0.1) is 32.0 Å². The average Bonchev–Trinajstić information content (AvgIpc) is 2.90. The van der Waals surface area contributed by atoms with Crippen LogP contribution in [-0.4, -0.2) is 48.9 Å². The largest absolute Gasteiger partial charge is 0.496 e. The fourth-order valence-corrected chi connectivity index (χ4v) is 3.93. The number of methoxy groups -OCH3 is 2. The lowest BCUT2D eigenvalue weighted by molar-refractivity contribution is -0.155. The molecule has 1 aliphatic heterocycles. The van der Waals surface area contributed by atoms with E-state index < -0.39 is 5.60 Å². The normalized spacial score (nSPS) is 17.6. The number of rotatable bonds is 6. The van der Waals surface area contributed by atoms with Crippen LogP contribution in [0.4, 0.5) is 0 Å². The fourth-order valence-electron chi connectivity index (χ4n) is 2.66. The SMILES string of the molecule is COc1cccc(OC)c1C1SCC(=O)N1CCC(=O)OC(C)(C)C. The molecule has 1 heterocycles. The predicted octanol–water partition coefficient (Wildman–Crippen LogP) is 3.01. The van der Waals surface area contributed by atoms with Crippen LogP contribution in [-0.2, 0) is 14.3 Å². The van der Waals surface area contributed by atoms with Crippen molar-refractivity contribution in [1.29, 1.82) is 0 Å². The lowest BCUT2D eigenvalue weighted by Gasteiger charge is -2.27. The van der Waals surface area contributed by atoms with E-state index in [4.69, 9.17) is 14.2 Å². The lowest BCUT2D eigenvalue weighted by Crippen LogP contribution is -2.32. The summed E-state index contributed by atoms with van der Waals surface area (Å²) in [5, 5.41) is -0.249. The van der Waals surface area contributed by atoms with Gasteiger partial charge in [-0.15, -0.1) is 11.8 Å². The number of benzene rings is 1. The van der Waals surface area contributed by atoms with E-state index in [1.54, 1.807) is 19.1 Å². The summed E-state index contributed by atoms with van der Waals surface area (Å²) in [6.45, 7) is 5.77. The van der Waals surface area contributed by atoms with Crippen molar-refractivity contribution in [1.82, 2.24) is 4.90 Å². The molecule has 6 nitrogen and oxygen atoms in total. The number of nitrogens with zero attached hydrogens (tertiary/aromatic N) is 1. The van der Waals surface area contributed by atoms with E-state index in [9.17, 15) is 9.59 Å². The Morgan fingerprint density at radius 3 is 2.36 bits per heavy atom. The van der Waals surface area contributed by atoms with Gasteiger partial charge in [-0.2, -0.15) is 0 Å². The highest BCUT2D eigenvalue weighted by Crippen LogP contribution is 2.46. The number of esters is 1. The van der Waals surface area contributed by atoms with E-state index in [-0.39, 0.29) is 23.7 Å². The van der Waals surface area contributed by atoms with Crippen molar-refractivity contribution in [3.05, 3.63) is 23.8 Å². The molecule has 1 fully saturated rings. The molecule has 1 unspecified atom stereocenters. The minimum absolute atomic E-state index is 0.00785. The van der Waals surface area contributed by atoms with Crippen LogP contribution in [0.3, 0.4) is 0 Å². The molecule has 25 heavy (non-hydrogen) atoms. The van der Waals surface area contributed by atoms with Crippen molar-refractivity contribution in [3.63, 3.8) is 0 Å². The summed E-state index contributed by atoms with van der Waals surface area (Å²) in [7, 11) is 3.18. The lowest BCUT2D eigenvalue weighted by atomic mass is 10.1. The first-order valence-corrected chi connectivity index (χ1v) is 9.15. The maximum absolute atomic E-state index is 12.3. The molecule has 1 aromatic rings. The Kier molecular flexibility index (Phi) is 6.21. The second-order valence-corrected chi connectivity index (χ2v) is 7.73. The third kappa shape index (κ3) is 4.81. The van der Waals surface area contributed by atoms with E-state index in [2.05, 4.69) is 0 Å². The minimum atomic E-state index is -0.536. The van der Waals surface area contributed by atoms with Gasteiger partial charge >= 0.3 is 5.97 Å². The van der Waals surface area contributed by atoms with Crippen LogP contribution < -0.4 is 9.47 Å². The van der Waals surface area contributed by atoms with Crippen LogP contribution >= 0.6 is 11.8 Å². The molecule has 0 bridgehead atoms. The molecule has 1 saturated heterocycles. The Hall–Kier alpha value is -1.89. The molecule has 0 saturated carbocycles. The molecule has 1 atom stereocenters. The first-order valence-electron chi connectivity index (χ1n) is 8.10. The van der Waals surface area contributed by atoms with Gasteiger partial charge in [-0.05, 0) is 32.9 Å².